The molecule has 2 aromatic rings. The lowest BCUT2D eigenvalue weighted by molar-refractivity contribution is -0.145. The van der Waals surface area contributed by atoms with Crippen molar-refractivity contribution < 1.29 is 23.5 Å². The van der Waals surface area contributed by atoms with Crippen molar-refractivity contribution >= 4 is 11.8 Å². The lowest BCUT2D eigenvalue weighted by Crippen LogP contribution is -2.51. The van der Waals surface area contributed by atoms with E-state index in [1.165, 1.54) is 0 Å². The van der Waals surface area contributed by atoms with Crippen LogP contribution >= 0.6 is 0 Å². The summed E-state index contributed by atoms with van der Waals surface area (Å²) in [6.45, 7) is 8.81. The van der Waals surface area contributed by atoms with Gasteiger partial charge in [-0.05, 0) is 63.4 Å². The van der Waals surface area contributed by atoms with E-state index >= 15 is 0 Å². The normalized spacial score (nSPS) is 11.2. The van der Waals surface area contributed by atoms with Crippen molar-refractivity contribution in [1.29, 1.82) is 0 Å². The number of benzene rings is 1. The summed E-state index contributed by atoms with van der Waals surface area (Å²) < 4.78 is 16.2. The smallest absolute Gasteiger partial charge is 0.242 e. The first-order valence-electron chi connectivity index (χ1n) is 11.5. The van der Waals surface area contributed by atoms with E-state index in [1.54, 1.807) is 30.3 Å². The number of carbonyl (C=O) groups is 2. The van der Waals surface area contributed by atoms with Crippen LogP contribution in [0.4, 0.5) is 0 Å². The maximum atomic E-state index is 13.4. The van der Waals surface area contributed by atoms with Gasteiger partial charge in [0.25, 0.3) is 0 Å². The van der Waals surface area contributed by atoms with Gasteiger partial charge in [-0.15, -0.1) is 0 Å². The summed E-state index contributed by atoms with van der Waals surface area (Å²) >= 11 is 0. The minimum atomic E-state index is -0.444. The Kier molecular flexibility index (Phi) is 9.82. The molecule has 0 aliphatic carbocycles. The van der Waals surface area contributed by atoms with Gasteiger partial charge in [-0.2, -0.15) is 0 Å². The Morgan fingerprint density at radius 1 is 1.03 bits per heavy atom. The van der Waals surface area contributed by atoms with Crippen LogP contribution in [-0.2, 0) is 22.6 Å². The van der Waals surface area contributed by atoms with Crippen molar-refractivity contribution in [2.75, 3.05) is 27.3 Å². The van der Waals surface area contributed by atoms with Crippen molar-refractivity contribution in [3.05, 3.63) is 47.9 Å². The van der Waals surface area contributed by atoms with E-state index in [0.29, 0.717) is 43.2 Å². The highest BCUT2D eigenvalue weighted by Crippen LogP contribution is 2.28. The second-order valence-electron chi connectivity index (χ2n) is 9.09. The Morgan fingerprint density at radius 3 is 2.33 bits per heavy atom. The number of rotatable bonds is 12. The Hall–Kier alpha value is -2.96. The fraction of sp³-hybridized carbons (Fsp3) is 0.538. The molecule has 0 unspecified atom stereocenters. The van der Waals surface area contributed by atoms with Crippen molar-refractivity contribution in [2.45, 2.75) is 65.5 Å². The summed E-state index contributed by atoms with van der Waals surface area (Å²) in [5.41, 5.74) is 0.580. The molecule has 0 N–H and O–H groups in total. The first kappa shape index (κ1) is 26.3. The molecule has 0 radical (unpaired) electrons. The number of furan rings is 1. The van der Waals surface area contributed by atoms with Gasteiger partial charge in [0.15, 0.2) is 11.5 Å². The van der Waals surface area contributed by atoms with Crippen LogP contribution in [0.1, 0.15) is 58.3 Å². The maximum Gasteiger partial charge on any atom is 0.242 e. The number of nitrogens with zero attached hydrogens (tertiary/aromatic N) is 2. The third kappa shape index (κ3) is 7.84. The van der Waals surface area contributed by atoms with Crippen LogP contribution in [0, 0.1) is 0 Å². The number of carbonyl (C=O) groups excluding carboxylic acids is 2. The highest BCUT2D eigenvalue weighted by Gasteiger charge is 2.30. The number of hydrogen-bond acceptors (Lipinski definition) is 5. The second kappa shape index (κ2) is 12.3. The van der Waals surface area contributed by atoms with E-state index in [0.717, 1.165) is 18.4 Å². The van der Waals surface area contributed by atoms with E-state index in [4.69, 9.17) is 13.9 Å². The van der Waals surface area contributed by atoms with E-state index in [1.807, 2.05) is 51.1 Å². The fourth-order valence-corrected chi connectivity index (χ4v) is 3.58. The summed E-state index contributed by atoms with van der Waals surface area (Å²) in [5, 5.41) is 0. The number of amides is 2. The number of unbranched alkanes of at least 4 members (excludes halogenated alkanes) is 1. The Bertz CT molecular complexity index is 887. The van der Waals surface area contributed by atoms with Gasteiger partial charge in [0.1, 0.15) is 12.3 Å². The van der Waals surface area contributed by atoms with Crippen molar-refractivity contribution in [1.82, 2.24) is 9.80 Å². The molecule has 1 heterocycles. The Balaban J connectivity index is 2.18. The molecule has 0 spiro atoms. The second-order valence-corrected chi connectivity index (χ2v) is 9.09. The molecule has 2 rings (SSSR count). The zero-order valence-electron chi connectivity index (χ0n) is 20.8. The molecule has 1 aromatic carbocycles. The molecule has 1 aromatic heterocycles. The average molecular weight is 459 g/mol. The predicted molar refractivity (Wildman–Crippen MR) is 128 cm³/mol. The molecule has 0 atom stereocenters. The molecule has 33 heavy (non-hydrogen) atoms. The monoisotopic (exact) mass is 458 g/mol. The molecule has 7 heteroatoms. The van der Waals surface area contributed by atoms with E-state index in [2.05, 4.69) is 6.92 Å². The first-order chi connectivity index (χ1) is 15.7. The summed E-state index contributed by atoms with van der Waals surface area (Å²) in [4.78, 5) is 29.7. The van der Waals surface area contributed by atoms with Crippen LogP contribution < -0.4 is 9.47 Å². The molecule has 2 amide bonds. The van der Waals surface area contributed by atoms with Crippen LogP contribution in [-0.4, -0.2) is 54.5 Å². The zero-order valence-corrected chi connectivity index (χ0v) is 20.8. The molecular weight excluding hydrogens is 420 g/mol. The standard InChI is InChI=1S/C26H38N2O5/c1-7-8-11-24(29)28(26(2,3)4)19-25(30)27(18-21-10-9-16-33-21)15-14-20-12-13-22(31-5)23(17-20)32-6/h9-10,12-13,16-17H,7-8,11,14-15,18-19H2,1-6H3. The fourth-order valence-electron chi connectivity index (χ4n) is 3.58. The first-order valence-corrected chi connectivity index (χ1v) is 11.5. The van der Waals surface area contributed by atoms with E-state index in [-0.39, 0.29) is 18.4 Å². The number of methoxy groups -OCH3 is 2. The van der Waals surface area contributed by atoms with Crippen LogP contribution in [0.5, 0.6) is 11.5 Å². The number of ether oxygens (including phenoxy) is 2. The van der Waals surface area contributed by atoms with Gasteiger partial charge < -0.3 is 23.7 Å². The van der Waals surface area contributed by atoms with Crippen LogP contribution in [0.3, 0.4) is 0 Å². The van der Waals surface area contributed by atoms with Crippen molar-refractivity contribution in [3.63, 3.8) is 0 Å². The third-order valence-electron chi connectivity index (χ3n) is 5.55. The largest absolute Gasteiger partial charge is 0.493 e. The average Bonchev–Trinajstić information content (AvgIpc) is 3.30. The molecule has 0 saturated heterocycles. The Morgan fingerprint density at radius 2 is 1.76 bits per heavy atom. The summed E-state index contributed by atoms with van der Waals surface area (Å²) in [5.74, 6) is 1.92. The van der Waals surface area contributed by atoms with Crippen LogP contribution in [0.15, 0.2) is 41.0 Å². The summed E-state index contributed by atoms with van der Waals surface area (Å²) in [7, 11) is 3.20. The molecular formula is C26H38N2O5. The minimum Gasteiger partial charge on any atom is -0.493 e. The van der Waals surface area contributed by atoms with E-state index in [9.17, 15) is 9.59 Å². The van der Waals surface area contributed by atoms with Gasteiger partial charge in [-0.25, -0.2) is 0 Å². The van der Waals surface area contributed by atoms with Gasteiger partial charge >= 0.3 is 0 Å². The van der Waals surface area contributed by atoms with Gasteiger partial charge in [-0.1, -0.05) is 19.4 Å². The minimum absolute atomic E-state index is 0.00976. The summed E-state index contributed by atoms with van der Waals surface area (Å²) in [6, 6.07) is 9.41. The van der Waals surface area contributed by atoms with Gasteiger partial charge in [0.05, 0.1) is 27.0 Å². The van der Waals surface area contributed by atoms with Crippen LogP contribution in [0.2, 0.25) is 0 Å². The van der Waals surface area contributed by atoms with Crippen molar-refractivity contribution in [3.8, 4) is 11.5 Å². The van der Waals surface area contributed by atoms with Crippen molar-refractivity contribution in [2.24, 2.45) is 0 Å². The lowest BCUT2D eigenvalue weighted by atomic mass is 10.0. The zero-order chi connectivity index (χ0) is 24.4. The maximum absolute atomic E-state index is 13.4. The molecule has 0 bridgehead atoms. The highest BCUT2D eigenvalue weighted by molar-refractivity contribution is 5.85. The molecule has 7 nitrogen and oxygen atoms in total. The Labute approximate surface area is 197 Å². The van der Waals surface area contributed by atoms with Gasteiger partial charge in [0, 0.05) is 18.5 Å². The van der Waals surface area contributed by atoms with Crippen LogP contribution in [0.25, 0.3) is 0 Å². The summed E-state index contributed by atoms with van der Waals surface area (Å²) in [6.07, 6.45) is 4.43. The molecule has 0 saturated carbocycles. The van der Waals surface area contributed by atoms with Gasteiger partial charge in [-0.3, -0.25) is 9.59 Å². The molecule has 0 aliphatic heterocycles. The van der Waals surface area contributed by atoms with Gasteiger partial charge in [0.2, 0.25) is 11.8 Å². The molecule has 0 aliphatic rings. The molecule has 182 valence electrons. The van der Waals surface area contributed by atoms with E-state index < -0.39 is 5.54 Å². The highest BCUT2D eigenvalue weighted by atomic mass is 16.5. The predicted octanol–water partition coefficient (Wildman–Crippen LogP) is 4.69. The lowest BCUT2D eigenvalue weighted by Gasteiger charge is -2.37. The third-order valence-corrected chi connectivity index (χ3v) is 5.55. The quantitative estimate of drug-likeness (QED) is 0.462. The molecule has 0 fully saturated rings. The SMILES string of the molecule is CCCCC(=O)N(CC(=O)N(CCc1ccc(OC)c(OC)c1)Cc1ccco1)C(C)(C)C. The topological polar surface area (TPSA) is 72.2 Å². The number of hydrogen-bond donors (Lipinski definition) is 0.